The normalized spacial score (nSPS) is 25.6. The van der Waals surface area contributed by atoms with Crippen LogP contribution in [0.3, 0.4) is 0 Å². The molecule has 4 aliphatic heterocycles. The van der Waals surface area contributed by atoms with E-state index >= 15 is 0 Å². The SMILES string of the molecule is CN(C)S(=O)(=O)N1CC2CCC(C1)N(C(=O)c1ccc3c(c1)OCO3)C2. The van der Waals surface area contributed by atoms with Crippen molar-refractivity contribution in [3.05, 3.63) is 23.8 Å². The summed E-state index contributed by atoms with van der Waals surface area (Å²) in [6.07, 6.45) is 1.76. The Hall–Kier alpha value is -1.84. The van der Waals surface area contributed by atoms with Gasteiger partial charge in [-0.2, -0.15) is 17.0 Å². The number of hydrogen-bond donors (Lipinski definition) is 0. The highest BCUT2D eigenvalue weighted by atomic mass is 32.2. The summed E-state index contributed by atoms with van der Waals surface area (Å²) in [6.45, 7) is 1.55. The highest BCUT2D eigenvalue weighted by Crippen LogP contribution is 2.35. The van der Waals surface area contributed by atoms with Crippen molar-refractivity contribution in [2.45, 2.75) is 18.9 Å². The molecule has 0 aliphatic carbocycles. The monoisotopic (exact) mass is 381 g/mol. The second-order valence-electron chi connectivity index (χ2n) is 7.23. The van der Waals surface area contributed by atoms with Crippen molar-refractivity contribution in [2.75, 3.05) is 40.5 Å². The first-order valence-electron chi connectivity index (χ1n) is 8.74. The Morgan fingerprint density at radius 3 is 2.65 bits per heavy atom. The minimum absolute atomic E-state index is 0.0814. The Morgan fingerprint density at radius 1 is 1.12 bits per heavy atom. The second-order valence-corrected chi connectivity index (χ2v) is 9.37. The van der Waals surface area contributed by atoms with E-state index < -0.39 is 10.2 Å². The van der Waals surface area contributed by atoms with Gasteiger partial charge in [-0.1, -0.05) is 0 Å². The van der Waals surface area contributed by atoms with Crippen LogP contribution in [0.1, 0.15) is 23.2 Å². The fourth-order valence-corrected chi connectivity index (χ4v) is 5.12. The first-order valence-corrected chi connectivity index (χ1v) is 10.1. The first kappa shape index (κ1) is 17.6. The lowest BCUT2D eigenvalue weighted by Crippen LogP contribution is -2.48. The van der Waals surface area contributed by atoms with Crippen molar-refractivity contribution < 1.29 is 22.7 Å². The molecule has 0 radical (unpaired) electrons. The minimum atomic E-state index is -3.48. The van der Waals surface area contributed by atoms with Gasteiger partial charge < -0.3 is 14.4 Å². The predicted octanol–water partition coefficient (Wildman–Crippen LogP) is 0.758. The number of amides is 1. The van der Waals surface area contributed by atoms with E-state index in [2.05, 4.69) is 0 Å². The van der Waals surface area contributed by atoms with E-state index in [4.69, 9.17) is 9.47 Å². The Balaban J connectivity index is 1.58. The quantitative estimate of drug-likeness (QED) is 0.772. The first-order chi connectivity index (χ1) is 12.4. The summed E-state index contributed by atoms with van der Waals surface area (Å²) in [5.41, 5.74) is 0.545. The molecule has 1 amide bonds. The number of nitrogens with zero attached hydrogens (tertiary/aromatic N) is 3. The largest absolute Gasteiger partial charge is 0.454 e. The Bertz CT molecular complexity index is 826. The summed E-state index contributed by atoms with van der Waals surface area (Å²) in [5, 5.41) is 0. The van der Waals surface area contributed by atoms with Crippen molar-refractivity contribution in [3.8, 4) is 11.5 Å². The Labute approximate surface area is 153 Å². The Kier molecular flexibility index (Phi) is 4.32. The average Bonchev–Trinajstić information content (AvgIpc) is 2.88. The summed E-state index contributed by atoms with van der Waals surface area (Å²) < 4.78 is 38.5. The molecule has 2 bridgehead atoms. The van der Waals surface area contributed by atoms with Crippen LogP contribution in [0.4, 0.5) is 0 Å². The molecule has 3 fully saturated rings. The molecular weight excluding hydrogens is 358 g/mol. The van der Waals surface area contributed by atoms with Crippen molar-refractivity contribution in [1.82, 2.24) is 13.5 Å². The Morgan fingerprint density at radius 2 is 1.88 bits per heavy atom. The van der Waals surface area contributed by atoms with Gasteiger partial charge in [-0.3, -0.25) is 4.79 Å². The van der Waals surface area contributed by atoms with Gasteiger partial charge in [0.2, 0.25) is 6.79 Å². The van der Waals surface area contributed by atoms with Crippen molar-refractivity contribution >= 4 is 16.1 Å². The molecule has 2 unspecified atom stereocenters. The highest BCUT2D eigenvalue weighted by Gasteiger charge is 2.41. The van der Waals surface area contributed by atoms with Crippen LogP contribution in [0.25, 0.3) is 0 Å². The van der Waals surface area contributed by atoms with Gasteiger partial charge in [0.25, 0.3) is 16.1 Å². The molecule has 4 aliphatic rings. The summed E-state index contributed by atoms with van der Waals surface area (Å²) in [6, 6.07) is 5.08. The second kappa shape index (κ2) is 6.40. The number of rotatable bonds is 3. The van der Waals surface area contributed by atoms with Crippen LogP contribution in [-0.2, 0) is 10.2 Å². The van der Waals surface area contributed by atoms with Crippen LogP contribution in [0.5, 0.6) is 11.5 Å². The zero-order valence-electron chi connectivity index (χ0n) is 14.9. The number of benzene rings is 1. The van der Waals surface area contributed by atoms with Gasteiger partial charge in [0.1, 0.15) is 0 Å². The number of piperidine rings is 1. The van der Waals surface area contributed by atoms with Gasteiger partial charge in [0.15, 0.2) is 11.5 Å². The third-order valence-electron chi connectivity index (χ3n) is 5.35. The van der Waals surface area contributed by atoms with E-state index in [1.807, 2.05) is 4.90 Å². The molecule has 8 nitrogen and oxygen atoms in total. The van der Waals surface area contributed by atoms with E-state index in [1.54, 1.807) is 18.2 Å². The number of hydrogen-bond acceptors (Lipinski definition) is 5. The van der Waals surface area contributed by atoms with E-state index in [0.29, 0.717) is 36.7 Å². The summed E-state index contributed by atoms with van der Waals surface area (Å²) in [7, 11) is -0.400. The van der Waals surface area contributed by atoms with Crippen LogP contribution >= 0.6 is 0 Å². The molecule has 5 rings (SSSR count). The van der Waals surface area contributed by atoms with E-state index in [9.17, 15) is 13.2 Å². The standard InChI is InChI=1S/C17H23N3O5S/c1-18(2)26(22,23)19-8-12-3-5-14(10-19)20(9-12)17(21)13-4-6-15-16(7-13)25-11-24-15/h4,6-7,12,14H,3,5,8-11H2,1-2H3. The van der Waals surface area contributed by atoms with Crippen LogP contribution in [0.2, 0.25) is 0 Å². The van der Waals surface area contributed by atoms with Gasteiger partial charge in [-0.15, -0.1) is 0 Å². The smallest absolute Gasteiger partial charge is 0.281 e. The molecule has 26 heavy (non-hydrogen) atoms. The maximum atomic E-state index is 13.1. The molecule has 0 saturated carbocycles. The van der Waals surface area contributed by atoms with Gasteiger partial charge >= 0.3 is 0 Å². The predicted molar refractivity (Wildman–Crippen MR) is 94.3 cm³/mol. The zero-order chi connectivity index (χ0) is 18.5. The number of fused-ring (bicyclic) bond motifs is 5. The number of carbonyl (C=O) groups is 1. The molecular formula is C17H23N3O5S. The van der Waals surface area contributed by atoms with E-state index in [1.165, 1.54) is 22.7 Å². The van der Waals surface area contributed by atoms with Gasteiger partial charge in [0, 0.05) is 45.3 Å². The van der Waals surface area contributed by atoms with Crippen molar-refractivity contribution in [1.29, 1.82) is 0 Å². The summed E-state index contributed by atoms with van der Waals surface area (Å²) >= 11 is 0. The fraction of sp³-hybridized carbons (Fsp3) is 0.588. The van der Waals surface area contributed by atoms with Gasteiger partial charge in [-0.25, -0.2) is 0 Å². The third-order valence-corrected chi connectivity index (χ3v) is 7.22. The highest BCUT2D eigenvalue weighted by molar-refractivity contribution is 7.86. The topological polar surface area (TPSA) is 79.4 Å². The lowest BCUT2D eigenvalue weighted by molar-refractivity contribution is 0.0588. The lowest BCUT2D eigenvalue weighted by Gasteiger charge is -2.36. The number of ether oxygens (including phenoxy) is 2. The number of carbonyl (C=O) groups excluding carboxylic acids is 1. The van der Waals surface area contributed by atoms with Crippen LogP contribution in [-0.4, -0.2) is 74.4 Å². The average molecular weight is 381 g/mol. The van der Waals surface area contributed by atoms with Gasteiger partial charge in [0.05, 0.1) is 0 Å². The molecule has 142 valence electrons. The van der Waals surface area contributed by atoms with Gasteiger partial charge in [-0.05, 0) is 37.0 Å². The molecule has 9 heteroatoms. The molecule has 1 aromatic rings. The van der Waals surface area contributed by atoms with E-state index in [-0.39, 0.29) is 24.7 Å². The molecule has 3 saturated heterocycles. The maximum absolute atomic E-state index is 13.1. The van der Waals surface area contributed by atoms with Crippen LogP contribution in [0.15, 0.2) is 18.2 Å². The molecule has 1 aromatic carbocycles. The molecule has 0 aromatic heterocycles. The van der Waals surface area contributed by atoms with E-state index in [0.717, 1.165) is 12.8 Å². The van der Waals surface area contributed by atoms with Crippen molar-refractivity contribution in [3.63, 3.8) is 0 Å². The molecule has 4 heterocycles. The fourth-order valence-electron chi connectivity index (χ4n) is 3.90. The molecule has 0 spiro atoms. The maximum Gasteiger partial charge on any atom is 0.281 e. The van der Waals surface area contributed by atoms with Crippen LogP contribution < -0.4 is 9.47 Å². The van der Waals surface area contributed by atoms with Crippen LogP contribution in [0, 0.1) is 5.92 Å². The molecule has 0 N–H and O–H groups in total. The zero-order valence-corrected chi connectivity index (χ0v) is 15.7. The van der Waals surface area contributed by atoms with Crippen molar-refractivity contribution in [2.24, 2.45) is 5.92 Å². The minimum Gasteiger partial charge on any atom is -0.454 e. The lowest BCUT2D eigenvalue weighted by atomic mass is 9.94. The summed E-state index contributed by atoms with van der Waals surface area (Å²) in [4.78, 5) is 14.9. The third kappa shape index (κ3) is 2.93. The molecule has 2 atom stereocenters. The summed E-state index contributed by atoms with van der Waals surface area (Å²) in [5.74, 6) is 1.29.